The Morgan fingerprint density at radius 1 is 1.56 bits per heavy atom. The molecule has 1 atom stereocenters. The molecule has 0 spiro atoms. The van der Waals surface area contributed by atoms with Crippen LogP contribution < -0.4 is 10.5 Å². The monoisotopic (exact) mass is 221 g/mol. The lowest BCUT2D eigenvalue weighted by Gasteiger charge is -2.15. The zero-order chi connectivity index (χ0) is 11.4. The third-order valence-corrected chi connectivity index (χ3v) is 3.08. The van der Waals surface area contributed by atoms with E-state index in [-0.39, 0.29) is 0 Å². The second kappa shape index (κ2) is 5.27. The quantitative estimate of drug-likeness (QED) is 0.819. The van der Waals surface area contributed by atoms with Gasteiger partial charge in [-0.2, -0.15) is 0 Å². The third-order valence-electron chi connectivity index (χ3n) is 3.08. The molecule has 2 N–H and O–H groups in total. The number of rotatable bonds is 4. The summed E-state index contributed by atoms with van der Waals surface area (Å²) in [6, 6.07) is 5.89. The summed E-state index contributed by atoms with van der Waals surface area (Å²) in [5.41, 5.74) is 6.74. The topological polar surface area (TPSA) is 51.4 Å². The van der Waals surface area contributed by atoms with Gasteiger partial charge in [-0.25, -0.2) is 4.98 Å². The molecule has 1 fully saturated rings. The Hall–Kier alpha value is -1.13. The van der Waals surface area contributed by atoms with E-state index in [0.717, 1.165) is 31.9 Å². The highest BCUT2D eigenvalue weighted by atomic mass is 16.5. The predicted octanol–water partition coefficient (Wildman–Crippen LogP) is 0.871. The lowest BCUT2D eigenvalue weighted by atomic mass is 10.1. The summed E-state index contributed by atoms with van der Waals surface area (Å²) in [6.07, 6.45) is 1.21. The van der Waals surface area contributed by atoms with Crippen molar-refractivity contribution in [1.29, 1.82) is 0 Å². The largest absolute Gasteiger partial charge is 0.481 e. The first-order valence-corrected chi connectivity index (χ1v) is 5.74. The van der Waals surface area contributed by atoms with Crippen LogP contribution in [0.4, 0.5) is 0 Å². The van der Waals surface area contributed by atoms with Crippen LogP contribution in [0.5, 0.6) is 5.88 Å². The van der Waals surface area contributed by atoms with Gasteiger partial charge in [0.05, 0.1) is 12.8 Å². The standard InChI is InChI=1S/C12H19N3O/c1-16-12-4-2-3-11(14-12)9-15-6-5-10(7-13)8-15/h2-4,10H,5-9,13H2,1H3. The van der Waals surface area contributed by atoms with Crippen molar-refractivity contribution in [3.05, 3.63) is 23.9 Å². The van der Waals surface area contributed by atoms with Crippen LogP contribution in [0.2, 0.25) is 0 Å². The maximum Gasteiger partial charge on any atom is 0.213 e. The molecule has 1 aromatic heterocycles. The smallest absolute Gasteiger partial charge is 0.213 e. The van der Waals surface area contributed by atoms with Gasteiger partial charge in [0.2, 0.25) is 5.88 Å². The first-order valence-electron chi connectivity index (χ1n) is 5.74. The number of hydrogen-bond acceptors (Lipinski definition) is 4. The van der Waals surface area contributed by atoms with Crippen LogP contribution in [-0.2, 0) is 6.54 Å². The number of pyridine rings is 1. The Morgan fingerprint density at radius 2 is 2.44 bits per heavy atom. The summed E-state index contributed by atoms with van der Waals surface area (Å²) < 4.78 is 5.11. The van der Waals surface area contributed by atoms with Gasteiger partial charge >= 0.3 is 0 Å². The van der Waals surface area contributed by atoms with E-state index in [2.05, 4.69) is 9.88 Å². The van der Waals surface area contributed by atoms with Gasteiger partial charge in [0.25, 0.3) is 0 Å². The van der Waals surface area contributed by atoms with E-state index >= 15 is 0 Å². The molecule has 0 aromatic carbocycles. The van der Waals surface area contributed by atoms with Crippen LogP contribution in [-0.4, -0.2) is 36.6 Å². The zero-order valence-corrected chi connectivity index (χ0v) is 9.72. The summed E-state index contributed by atoms with van der Waals surface area (Å²) in [5, 5.41) is 0. The van der Waals surface area contributed by atoms with Gasteiger partial charge in [0.15, 0.2) is 0 Å². The highest BCUT2D eigenvalue weighted by Crippen LogP contribution is 2.17. The Kier molecular flexibility index (Phi) is 3.74. The van der Waals surface area contributed by atoms with E-state index in [4.69, 9.17) is 10.5 Å². The van der Waals surface area contributed by atoms with Gasteiger partial charge in [-0.1, -0.05) is 6.07 Å². The van der Waals surface area contributed by atoms with Crippen molar-refractivity contribution in [2.45, 2.75) is 13.0 Å². The molecule has 16 heavy (non-hydrogen) atoms. The molecule has 1 aromatic rings. The first-order chi connectivity index (χ1) is 7.81. The third kappa shape index (κ3) is 2.71. The Morgan fingerprint density at radius 3 is 3.12 bits per heavy atom. The van der Waals surface area contributed by atoms with Crippen LogP contribution >= 0.6 is 0 Å². The molecule has 2 heterocycles. The number of hydrogen-bond donors (Lipinski definition) is 1. The highest BCUT2D eigenvalue weighted by molar-refractivity contribution is 5.15. The van der Waals surface area contributed by atoms with Gasteiger partial charge in [-0.15, -0.1) is 0 Å². The summed E-state index contributed by atoms with van der Waals surface area (Å²) in [4.78, 5) is 6.81. The average Bonchev–Trinajstić information content (AvgIpc) is 2.77. The molecule has 1 unspecified atom stereocenters. The van der Waals surface area contributed by atoms with Crippen molar-refractivity contribution >= 4 is 0 Å². The number of nitrogens with zero attached hydrogens (tertiary/aromatic N) is 2. The number of likely N-dealkylation sites (tertiary alicyclic amines) is 1. The van der Waals surface area contributed by atoms with Crippen LogP contribution in [0.3, 0.4) is 0 Å². The maximum atomic E-state index is 5.67. The minimum atomic E-state index is 0.658. The van der Waals surface area contributed by atoms with E-state index in [1.165, 1.54) is 6.42 Å². The molecule has 88 valence electrons. The Balaban J connectivity index is 1.94. The molecular formula is C12H19N3O. The van der Waals surface area contributed by atoms with E-state index < -0.39 is 0 Å². The molecule has 0 bridgehead atoms. The van der Waals surface area contributed by atoms with E-state index in [1.54, 1.807) is 7.11 Å². The van der Waals surface area contributed by atoms with Crippen LogP contribution in [0.25, 0.3) is 0 Å². The van der Waals surface area contributed by atoms with Gasteiger partial charge in [-0.05, 0) is 31.5 Å². The fraction of sp³-hybridized carbons (Fsp3) is 0.583. The van der Waals surface area contributed by atoms with Crippen LogP contribution in [0.1, 0.15) is 12.1 Å². The minimum Gasteiger partial charge on any atom is -0.481 e. The summed E-state index contributed by atoms with van der Waals surface area (Å²) >= 11 is 0. The van der Waals surface area contributed by atoms with E-state index in [9.17, 15) is 0 Å². The van der Waals surface area contributed by atoms with E-state index in [1.807, 2.05) is 18.2 Å². The van der Waals surface area contributed by atoms with Gasteiger partial charge < -0.3 is 10.5 Å². The van der Waals surface area contributed by atoms with Crippen molar-refractivity contribution in [3.8, 4) is 5.88 Å². The number of aromatic nitrogens is 1. The summed E-state index contributed by atoms with van der Waals surface area (Å²) in [7, 11) is 1.65. The molecule has 1 saturated heterocycles. The highest BCUT2D eigenvalue weighted by Gasteiger charge is 2.21. The normalized spacial score (nSPS) is 21.2. The first kappa shape index (κ1) is 11.4. The second-order valence-corrected chi connectivity index (χ2v) is 4.30. The Labute approximate surface area is 96.4 Å². The molecular weight excluding hydrogens is 202 g/mol. The zero-order valence-electron chi connectivity index (χ0n) is 9.72. The van der Waals surface area contributed by atoms with Crippen molar-refractivity contribution in [3.63, 3.8) is 0 Å². The molecule has 0 radical (unpaired) electrons. The van der Waals surface area contributed by atoms with Crippen molar-refractivity contribution in [2.24, 2.45) is 11.7 Å². The van der Waals surface area contributed by atoms with Crippen LogP contribution in [0.15, 0.2) is 18.2 Å². The number of methoxy groups -OCH3 is 1. The molecule has 1 aliphatic rings. The molecule has 1 aliphatic heterocycles. The van der Waals surface area contributed by atoms with Gasteiger partial charge in [0.1, 0.15) is 0 Å². The number of ether oxygens (including phenoxy) is 1. The van der Waals surface area contributed by atoms with Gasteiger partial charge in [-0.3, -0.25) is 4.90 Å². The van der Waals surface area contributed by atoms with Crippen molar-refractivity contribution in [2.75, 3.05) is 26.7 Å². The van der Waals surface area contributed by atoms with E-state index in [0.29, 0.717) is 11.8 Å². The maximum absolute atomic E-state index is 5.67. The predicted molar refractivity (Wildman–Crippen MR) is 63.2 cm³/mol. The summed E-state index contributed by atoms with van der Waals surface area (Å²) in [6.45, 7) is 3.91. The van der Waals surface area contributed by atoms with Crippen LogP contribution in [0, 0.1) is 5.92 Å². The molecule has 4 nitrogen and oxygen atoms in total. The minimum absolute atomic E-state index is 0.658. The van der Waals surface area contributed by atoms with Crippen molar-refractivity contribution in [1.82, 2.24) is 9.88 Å². The molecule has 0 aliphatic carbocycles. The molecule has 2 rings (SSSR count). The summed E-state index contributed by atoms with van der Waals surface area (Å²) in [5.74, 6) is 1.35. The van der Waals surface area contributed by atoms with Crippen molar-refractivity contribution < 1.29 is 4.74 Å². The molecule has 0 amide bonds. The molecule has 0 saturated carbocycles. The second-order valence-electron chi connectivity index (χ2n) is 4.30. The molecule has 4 heteroatoms. The lowest BCUT2D eigenvalue weighted by Crippen LogP contribution is -2.23. The average molecular weight is 221 g/mol. The fourth-order valence-electron chi connectivity index (χ4n) is 2.14. The fourth-order valence-corrected chi connectivity index (χ4v) is 2.14. The van der Waals surface area contributed by atoms with Gasteiger partial charge in [0, 0.05) is 19.2 Å². The number of nitrogens with two attached hydrogens (primary N) is 1. The lowest BCUT2D eigenvalue weighted by molar-refractivity contribution is 0.311. The SMILES string of the molecule is COc1cccc(CN2CCC(CN)C2)n1. The Bertz CT molecular complexity index is 343.